The average Bonchev–Trinajstić information content (AvgIpc) is 3.40. The summed E-state index contributed by atoms with van der Waals surface area (Å²) >= 11 is 1.39. The number of nitrogens with zero attached hydrogens (tertiary/aromatic N) is 4. The largest absolute Gasteiger partial charge is 0.478 e. The Morgan fingerprint density at radius 3 is 2.39 bits per heavy atom. The third kappa shape index (κ3) is 4.83. The predicted molar refractivity (Wildman–Crippen MR) is 137 cm³/mol. The Balaban J connectivity index is 1.59. The molecule has 13 heteroatoms. The number of hydrogen-bond acceptors (Lipinski definition) is 7. The number of carboxylic acids is 1. The van der Waals surface area contributed by atoms with Gasteiger partial charge in [0, 0.05) is 32.4 Å². The van der Waals surface area contributed by atoms with Crippen LogP contribution in [0.25, 0.3) is 5.57 Å². The first-order valence-electron chi connectivity index (χ1n) is 12.0. The van der Waals surface area contributed by atoms with Crippen LogP contribution >= 0.6 is 11.3 Å². The summed E-state index contributed by atoms with van der Waals surface area (Å²) in [5.74, 6) is -1.24. The summed E-state index contributed by atoms with van der Waals surface area (Å²) in [5, 5.41) is 30.2. The molecule has 0 aromatic carbocycles. The second-order valence-corrected chi connectivity index (χ2v) is 17.0. The number of amides is 2. The van der Waals surface area contributed by atoms with Gasteiger partial charge in [0.25, 0.3) is 0 Å². The van der Waals surface area contributed by atoms with Crippen LogP contribution in [0.2, 0.25) is 18.1 Å². The second-order valence-electron chi connectivity index (χ2n) is 11.2. The lowest BCUT2D eigenvalue weighted by Gasteiger charge is -2.48. The van der Waals surface area contributed by atoms with Gasteiger partial charge in [-0.25, -0.2) is 19.4 Å². The Hall–Kier alpha value is -2.64. The van der Waals surface area contributed by atoms with Gasteiger partial charge >= 0.3 is 18.2 Å². The van der Waals surface area contributed by atoms with Crippen LogP contribution in [-0.2, 0) is 9.22 Å². The number of anilines is 1. The zero-order valence-corrected chi connectivity index (χ0v) is 23.0. The maximum Gasteiger partial charge on any atom is 0.408 e. The molecule has 3 N–H and O–H groups in total. The third-order valence-corrected chi connectivity index (χ3v) is 13.5. The first-order valence-corrected chi connectivity index (χ1v) is 15.8. The molecule has 1 aromatic rings. The van der Waals surface area contributed by atoms with Crippen molar-refractivity contribution in [2.45, 2.75) is 69.9 Å². The Morgan fingerprint density at radius 1 is 1.11 bits per heavy atom. The molecule has 198 valence electrons. The van der Waals surface area contributed by atoms with Crippen molar-refractivity contribution < 1.29 is 34.1 Å². The molecule has 0 saturated carbocycles. The Labute approximate surface area is 215 Å². The van der Waals surface area contributed by atoms with Crippen LogP contribution in [0.15, 0.2) is 11.8 Å². The molecule has 11 nitrogen and oxygen atoms in total. The summed E-state index contributed by atoms with van der Waals surface area (Å²) in [6.07, 6.45) is 0.350. The third-order valence-electron chi connectivity index (χ3n) is 7.85. The molecule has 3 aliphatic rings. The van der Waals surface area contributed by atoms with E-state index >= 15 is 0 Å². The van der Waals surface area contributed by atoms with Crippen molar-refractivity contribution in [3.05, 3.63) is 16.6 Å². The van der Waals surface area contributed by atoms with Crippen molar-refractivity contribution in [3.8, 4) is 0 Å². The predicted octanol–water partition coefficient (Wildman–Crippen LogP) is 3.70. The van der Waals surface area contributed by atoms with E-state index in [1.165, 1.54) is 11.3 Å². The van der Waals surface area contributed by atoms with Crippen LogP contribution < -0.4 is 4.90 Å². The zero-order valence-electron chi connectivity index (χ0n) is 21.2. The molecular formula is C23H34N4O7SSi. The molecular weight excluding hydrogens is 504 g/mol. The number of thiazole rings is 1. The minimum atomic E-state index is -1.90. The Bertz CT molecular complexity index is 1100. The Morgan fingerprint density at radius 2 is 1.81 bits per heavy atom. The zero-order chi connectivity index (χ0) is 26.6. The van der Waals surface area contributed by atoms with E-state index in [1.54, 1.807) is 6.20 Å². The van der Waals surface area contributed by atoms with Gasteiger partial charge in [0.05, 0.1) is 28.6 Å². The molecule has 2 saturated heterocycles. The molecule has 0 unspecified atom stereocenters. The quantitative estimate of drug-likeness (QED) is 0.478. The maximum absolute atomic E-state index is 12.3. The fourth-order valence-electron chi connectivity index (χ4n) is 5.00. The average molecular weight is 539 g/mol. The summed E-state index contributed by atoms with van der Waals surface area (Å²) in [7, 11) is -1.90. The highest BCUT2D eigenvalue weighted by Crippen LogP contribution is 2.42. The highest BCUT2D eigenvalue weighted by molar-refractivity contribution is 7.16. The molecule has 3 atom stereocenters. The summed E-state index contributed by atoms with van der Waals surface area (Å²) in [4.78, 5) is 45.5. The van der Waals surface area contributed by atoms with Gasteiger partial charge in [-0.05, 0) is 36.5 Å². The Kier molecular flexibility index (Phi) is 6.86. The van der Waals surface area contributed by atoms with E-state index in [2.05, 4.69) is 43.7 Å². The fraction of sp³-hybridized carbons (Fsp3) is 0.652. The summed E-state index contributed by atoms with van der Waals surface area (Å²) in [6.45, 7) is 12.4. The van der Waals surface area contributed by atoms with Crippen molar-refractivity contribution in [2.24, 2.45) is 0 Å². The maximum atomic E-state index is 12.3. The first-order chi connectivity index (χ1) is 16.7. The minimum Gasteiger partial charge on any atom is -0.478 e. The molecule has 4 rings (SSSR count). The molecule has 2 bridgehead atoms. The van der Waals surface area contributed by atoms with Crippen LogP contribution in [0.4, 0.5) is 14.7 Å². The van der Waals surface area contributed by atoms with E-state index in [0.717, 1.165) is 34.4 Å². The fourth-order valence-corrected chi connectivity index (χ4v) is 7.40. The van der Waals surface area contributed by atoms with Gasteiger partial charge in [-0.2, -0.15) is 0 Å². The second kappa shape index (κ2) is 9.34. The minimum absolute atomic E-state index is 0.00120. The number of aromatic nitrogens is 1. The van der Waals surface area contributed by atoms with Crippen LogP contribution in [0.3, 0.4) is 0 Å². The van der Waals surface area contributed by atoms with Crippen molar-refractivity contribution in [2.75, 3.05) is 31.1 Å². The van der Waals surface area contributed by atoms with E-state index < -0.39 is 38.6 Å². The van der Waals surface area contributed by atoms with E-state index in [0.29, 0.717) is 10.5 Å². The van der Waals surface area contributed by atoms with E-state index in [9.17, 15) is 29.7 Å². The SMILES string of the molecule is CC(C)(C)[Si](C)(C)O[C@H]1CCN(c2ncc(C3=C(C(=O)O)[C@H]4CN(C(=O)O)C[C@@H](C3)N4C(=O)O)s2)C1. The number of fused-ring (bicyclic) bond motifs is 2. The number of rotatable bonds is 5. The molecule has 2 fully saturated rings. The molecule has 0 spiro atoms. The van der Waals surface area contributed by atoms with Gasteiger partial charge in [0.2, 0.25) is 0 Å². The summed E-state index contributed by atoms with van der Waals surface area (Å²) < 4.78 is 6.57. The van der Waals surface area contributed by atoms with Crippen molar-refractivity contribution in [3.63, 3.8) is 0 Å². The van der Waals surface area contributed by atoms with Crippen LogP contribution in [0, 0.1) is 0 Å². The van der Waals surface area contributed by atoms with Crippen molar-refractivity contribution in [1.29, 1.82) is 0 Å². The highest BCUT2D eigenvalue weighted by atomic mass is 32.1. The molecule has 36 heavy (non-hydrogen) atoms. The van der Waals surface area contributed by atoms with Gasteiger partial charge in [-0.15, -0.1) is 0 Å². The molecule has 3 aliphatic heterocycles. The normalized spacial score (nSPS) is 24.9. The summed E-state index contributed by atoms with van der Waals surface area (Å²) in [5.41, 5.74) is 0.465. The number of piperazine rings is 1. The van der Waals surface area contributed by atoms with Crippen LogP contribution in [0.1, 0.15) is 38.5 Å². The lowest BCUT2D eigenvalue weighted by molar-refractivity contribution is -0.133. The number of carbonyl (C=O) groups is 3. The lowest BCUT2D eigenvalue weighted by Crippen LogP contribution is -2.64. The number of carboxylic acid groups (broad SMARTS) is 3. The topological polar surface area (TPSA) is 144 Å². The molecule has 0 aliphatic carbocycles. The van der Waals surface area contributed by atoms with Gasteiger partial charge in [-0.1, -0.05) is 32.1 Å². The molecule has 2 amide bonds. The van der Waals surface area contributed by atoms with Crippen LogP contribution in [0.5, 0.6) is 0 Å². The molecule has 4 heterocycles. The molecule has 0 radical (unpaired) electrons. The first kappa shape index (κ1) is 26.4. The lowest BCUT2D eigenvalue weighted by atomic mass is 9.84. The van der Waals surface area contributed by atoms with E-state index in [1.807, 2.05) is 0 Å². The van der Waals surface area contributed by atoms with Gasteiger partial charge in [-0.3, -0.25) is 4.90 Å². The van der Waals surface area contributed by atoms with E-state index in [4.69, 9.17) is 4.43 Å². The van der Waals surface area contributed by atoms with Gasteiger partial charge in [0.15, 0.2) is 13.4 Å². The van der Waals surface area contributed by atoms with Crippen molar-refractivity contribution >= 4 is 48.5 Å². The standard InChI is InChI=1S/C23H34N4O7SSi/c1-23(2,3)36(4,5)34-14-6-7-25(11-14)20-24-9-17(35-20)15-8-13-10-26(21(30)31)12-16(18(15)19(28)29)27(13)22(32)33/h9,13-14,16H,6-8,10-12H2,1-5H3,(H,28,29)(H,30,31)(H,32,33)/t13-,14+,16-/m1/s1. The van der Waals surface area contributed by atoms with Gasteiger partial charge < -0.3 is 29.5 Å². The van der Waals surface area contributed by atoms with Gasteiger partial charge in [0.1, 0.15) is 0 Å². The number of hydrogen-bond donors (Lipinski definition) is 3. The monoisotopic (exact) mass is 538 g/mol. The van der Waals surface area contributed by atoms with Crippen LogP contribution in [-0.4, -0.2) is 101 Å². The highest BCUT2D eigenvalue weighted by Gasteiger charge is 2.48. The van der Waals surface area contributed by atoms with Crippen molar-refractivity contribution in [1.82, 2.24) is 14.8 Å². The summed E-state index contributed by atoms with van der Waals surface area (Å²) in [6, 6.07) is -1.73. The number of aliphatic carboxylic acids is 1. The molecule has 1 aromatic heterocycles. The smallest absolute Gasteiger partial charge is 0.408 e. The van der Waals surface area contributed by atoms with E-state index in [-0.39, 0.29) is 36.2 Å².